The van der Waals surface area contributed by atoms with Gasteiger partial charge < -0.3 is 0 Å². The fourth-order valence-electron chi connectivity index (χ4n) is 1.48. The van der Waals surface area contributed by atoms with Gasteiger partial charge in [-0.2, -0.15) is 0 Å². The average Bonchev–Trinajstić information content (AvgIpc) is 2.34. The highest BCUT2D eigenvalue weighted by Gasteiger charge is 2.13. The predicted octanol–water partition coefficient (Wildman–Crippen LogP) is 5.48. The molecule has 1 aromatic rings. The van der Waals surface area contributed by atoms with Crippen molar-refractivity contribution in [3.8, 4) is 0 Å². The van der Waals surface area contributed by atoms with Crippen molar-refractivity contribution in [1.82, 2.24) is 0 Å². The van der Waals surface area contributed by atoms with Crippen LogP contribution < -0.4 is 0 Å². The maximum absolute atomic E-state index is 12.3. The van der Waals surface area contributed by atoms with Crippen LogP contribution in [0.3, 0.4) is 0 Å². The smallest absolute Gasteiger partial charge is 0.194 e. The van der Waals surface area contributed by atoms with E-state index in [0.717, 1.165) is 12.0 Å². The van der Waals surface area contributed by atoms with Crippen molar-refractivity contribution < 1.29 is 4.79 Å². The van der Waals surface area contributed by atoms with Crippen LogP contribution in [0.5, 0.6) is 0 Å². The van der Waals surface area contributed by atoms with E-state index in [1.807, 2.05) is 19.9 Å². The van der Waals surface area contributed by atoms with Crippen molar-refractivity contribution in [2.24, 2.45) is 0 Å². The van der Waals surface area contributed by atoms with Gasteiger partial charge in [-0.3, -0.25) is 4.79 Å². The lowest BCUT2D eigenvalue weighted by Gasteiger charge is -2.06. The van der Waals surface area contributed by atoms with Crippen molar-refractivity contribution in [2.45, 2.75) is 27.2 Å². The number of benzene rings is 1. The number of hydrogen-bond donors (Lipinski definition) is 0. The van der Waals surface area contributed by atoms with Crippen molar-refractivity contribution in [2.75, 3.05) is 0 Å². The molecule has 0 aliphatic heterocycles. The Bertz CT molecular complexity index is 513. The number of rotatable bonds is 4. The summed E-state index contributed by atoms with van der Waals surface area (Å²) in [6.07, 6.45) is 4.61. The summed E-state index contributed by atoms with van der Waals surface area (Å²) in [5, 5.41) is 0.910. The highest BCUT2D eigenvalue weighted by molar-refractivity contribution is 6.37. The molecule has 0 radical (unpaired) electrons. The van der Waals surface area contributed by atoms with E-state index in [4.69, 9.17) is 23.2 Å². The van der Waals surface area contributed by atoms with E-state index < -0.39 is 0 Å². The number of ketones is 1. The minimum absolute atomic E-state index is 0.0769. The molecule has 0 amide bonds. The van der Waals surface area contributed by atoms with Crippen LogP contribution in [0, 0.1) is 0 Å². The largest absolute Gasteiger partial charge is 0.289 e. The normalized spacial score (nSPS) is 12.7. The number of carbonyl (C=O) groups is 1. The second-order valence-electron chi connectivity index (χ2n) is 4.04. The first-order valence-electron chi connectivity index (χ1n) is 5.82. The van der Waals surface area contributed by atoms with E-state index in [-0.39, 0.29) is 5.78 Å². The summed E-state index contributed by atoms with van der Waals surface area (Å²) < 4.78 is 0. The van der Waals surface area contributed by atoms with Gasteiger partial charge >= 0.3 is 0 Å². The van der Waals surface area contributed by atoms with E-state index in [1.54, 1.807) is 24.3 Å². The number of Topliss-reactive ketones (excluding diaryl/α,β-unsaturated/α-hetero) is 1. The van der Waals surface area contributed by atoms with Crippen LogP contribution in [-0.2, 0) is 0 Å². The Morgan fingerprint density at radius 1 is 1.33 bits per heavy atom. The highest BCUT2D eigenvalue weighted by atomic mass is 35.5. The molecule has 0 aliphatic rings. The molecule has 0 unspecified atom stereocenters. The molecule has 0 spiro atoms. The topological polar surface area (TPSA) is 17.1 Å². The van der Waals surface area contributed by atoms with Gasteiger partial charge in [0.2, 0.25) is 0 Å². The summed E-state index contributed by atoms with van der Waals surface area (Å²) in [4.78, 5) is 12.3. The first-order valence-corrected chi connectivity index (χ1v) is 6.58. The number of halogens is 2. The Hall–Kier alpha value is -1.05. The maximum atomic E-state index is 12.3. The fourth-order valence-corrected chi connectivity index (χ4v) is 1.97. The Kier molecular flexibility index (Phi) is 5.64. The zero-order chi connectivity index (χ0) is 13.7. The first-order chi connectivity index (χ1) is 8.49. The Morgan fingerprint density at radius 2 is 2.00 bits per heavy atom. The molecule has 0 aliphatic carbocycles. The molecule has 1 nitrogen and oxygen atoms in total. The summed E-state index contributed by atoms with van der Waals surface area (Å²) in [5.41, 5.74) is 2.29. The zero-order valence-electron chi connectivity index (χ0n) is 10.8. The summed E-state index contributed by atoms with van der Waals surface area (Å²) in [6.45, 7) is 5.90. The molecular weight excluding hydrogens is 267 g/mol. The molecule has 18 heavy (non-hydrogen) atoms. The number of carbonyl (C=O) groups excluding carboxylic acids is 1. The minimum atomic E-state index is -0.0769. The molecule has 0 atom stereocenters. The lowest BCUT2D eigenvalue weighted by molar-refractivity contribution is 0.103. The van der Waals surface area contributed by atoms with E-state index in [9.17, 15) is 4.79 Å². The Morgan fingerprint density at radius 3 is 2.50 bits per heavy atom. The van der Waals surface area contributed by atoms with Crippen LogP contribution in [-0.4, -0.2) is 5.78 Å². The van der Waals surface area contributed by atoms with Gasteiger partial charge in [-0.25, -0.2) is 0 Å². The molecular formula is C15H16Cl2O. The van der Waals surface area contributed by atoms with Gasteiger partial charge in [0.15, 0.2) is 5.78 Å². The Labute approximate surface area is 118 Å². The van der Waals surface area contributed by atoms with Gasteiger partial charge in [-0.05, 0) is 38.5 Å². The van der Waals surface area contributed by atoms with Gasteiger partial charge in [0.1, 0.15) is 0 Å². The standard InChI is InChI=1S/C15H16Cl2O/c1-4-10(3)8-11(5-2)15(18)13-7-6-12(16)9-14(13)17/h5-9H,4H2,1-3H3/b10-8?,11-5+. The molecule has 1 aromatic carbocycles. The lowest BCUT2D eigenvalue weighted by atomic mass is 10.0. The molecule has 1 rings (SSSR count). The second-order valence-corrected chi connectivity index (χ2v) is 4.89. The number of hydrogen-bond acceptors (Lipinski definition) is 1. The third-order valence-corrected chi connectivity index (χ3v) is 3.26. The van der Waals surface area contributed by atoms with E-state index in [0.29, 0.717) is 21.2 Å². The van der Waals surface area contributed by atoms with Crippen LogP contribution in [0.2, 0.25) is 10.0 Å². The zero-order valence-corrected chi connectivity index (χ0v) is 12.3. The van der Waals surface area contributed by atoms with Crippen LogP contribution in [0.1, 0.15) is 37.6 Å². The highest BCUT2D eigenvalue weighted by Crippen LogP contribution is 2.24. The predicted molar refractivity (Wildman–Crippen MR) is 78.6 cm³/mol. The van der Waals surface area contributed by atoms with Crippen LogP contribution in [0.15, 0.2) is 41.5 Å². The first kappa shape index (κ1) is 15.0. The van der Waals surface area contributed by atoms with Gasteiger partial charge in [-0.1, -0.05) is 47.9 Å². The monoisotopic (exact) mass is 282 g/mol. The molecule has 0 bridgehead atoms. The summed E-state index contributed by atoms with van der Waals surface area (Å²) in [5.74, 6) is -0.0769. The molecule has 0 saturated heterocycles. The van der Waals surface area contributed by atoms with Crippen molar-refractivity contribution in [3.63, 3.8) is 0 Å². The quantitative estimate of drug-likeness (QED) is 0.406. The third kappa shape index (κ3) is 3.72. The van der Waals surface area contributed by atoms with Crippen molar-refractivity contribution in [3.05, 3.63) is 57.1 Å². The molecule has 0 fully saturated rings. The van der Waals surface area contributed by atoms with E-state index in [2.05, 4.69) is 6.92 Å². The van der Waals surface area contributed by atoms with Crippen molar-refractivity contribution in [1.29, 1.82) is 0 Å². The lowest BCUT2D eigenvalue weighted by Crippen LogP contribution is -2.03. The SMILES string of the molecule is C/C=C(\C=C(C)CC)C(=O)c1ccc(Cl)cc1Cl. The summed E-state index contributed by atoms with van der Waals surface area (Å²) in [6, 6.07) is 4.91. The van der Waals surface area contributed by atoms with Crippen LogP contribution in [0.4, 0.5) is 0 Å². The maximum Gasteiger partial charge on any atom is 0.194 e. The van der Waals surface area contributed by atoms with Gasteiger partial charge in [-0.15, -0.1) is 0 Å². The third-order valence-electron chi connectivity index (χ3n) is 2.71. The molecule has 3 heteroatoms. The molecule has 0 aromatic heterocycles. The van der Waals surface area contributed by atoms with Crippen LogP contribution in [0.25, 0.3) is 0 Å². The van der Waals surface area contributed by atoms with Crippen LogP contribution >= 0.6 is 23.2 Å². The van der Waals surface area contributed by atoms with Gasteiger partial charge in [0, 0.05) is 16.2 Å². The molecule has 0 heterocycles. The Balaban J connectivity index is 3.13. The van der Waals surface area contributed by atoms with Gasteiger partial charge in [0.25, 0.3) is 0 Å². The van der Waals surface area contributed by atoms with E-state index in [1.165, 1.54) is 0 Å². The minimum Gasteiger partial charge on any atom is -0.289 e. The fraction of sp³-hybridized carbons (Fsp3) is 0.267. The number of allylic oxidation sites excluding steroid dienone is 4. The van der Waals surface area contributed by atoms with Crippen molar-refractivity contribution >= 4 is 29.0 Å². The molecule has 96 valence electrons. The van der Waals surface area contributed by atoms with Gasteiger partial charge in [0.05, 0.1) is 5.02 Å². The molecule has 0 saturated carbocycles. The summed E-state index contributed by atoms with van der Waals surface area (Å²) >= 11 is 11.9. The second kappa shape index (κ2) is 6.77. The average molecular weight is 283 g/mol. The summed E-state index contributed by atoms with van der Waals surface area (Å²) in [7, 11) is 0. The van der Waals surface area contributed by atoms with E-state index >= 15 is 0 Å². The molecule has 0 N–H and O–H groups in total.